The molecule has 2 aromatic carbocycles. The molecule has 0 saturated carbocycles. The third-order valence-electron chi connectivity index (χ3n) is 4.65. The molecule has 1 saturated heterocycles. The SMILES string of the molecule is CN(C)[C@@H]1C[C@@H](CO)N(C(=O)c2cccc(Oc3ccccc3)c2)C1. The number of carbonyl (C=O) groups excluding carboxylic acids is 1. The van der Waals surface area contributed by atoms with E-state index in [0.29, 0.717) is 17.9 Å². The number of rotatable bonds is 5. The molecule has 1 heterocycles. The highest BCUT2D eigenvalue weighted by Gasteiger charge is 2.36. The van der Waals surface area contributed by atoms with Crippen LogP contribution in [0, 0.1) is 0 Å². The second kappa shape index (κ2) is 7.68. The maximum absolute atomic E-state index is 12.9. The van der Waals surface area contributed by atoms with E-state index in [2.05, 4.69) is 4.90 Å². The van der Waals surface area contributed by atoms with Gasteiger partial charge in [-0.1, -0.05) is 24.3 Å². The molecule has 5 heteroatoms. The quantitative estimate of drug-likeness (QED) is 0.909. The lowest BCUT2D eigenvalue weighted by Crippen LogP contribution is -2.38. The van der Waals surface area contributed by atoms with Crippen LogP contribution < -0.4 is 4.74 Å². The van der Waals surface area contributed by atoms with Gasteiger partial charge in [-0.2, -0.15) is 0 Å². The van der Waals surface area contributed by atoms with E-state index in [1.807, 2.05) is 56.6 Å². The molecule has 2 atom stereocenters. The topological polar surface area (TPSA) is 53.0 Å². The first-order chi connectivity index (χ1) is 12.1. The van der Waals surface area contributed by atoms with Crippen LogP contribution in [0.15, 0.2) is 54.6 Å². The molecule has 5 nitrogen and oxygen atoms in total. The van der Waals surface area contributed by atoms with Gasteiger partial charge in [0.1, 0.15) is 11.5 Å². The van der Waals surface area contributed by atoms with Crippen molar-refractivity contribution >= 4 is 5.91 Å². The average molecular weight is 340 g/mol. The van der Waals surface area contributed by atoms with Gasteiger partial charge in [-0.15, -0.1) is 0 Å². The highest BCUT2D eigenvalue weighted by Crippen LogP contribution is 2.26. The van der Waals surface area contributed by atoms with E-state index in [0.717, 1.165) is 12.2 Å². The summed E-state index contributed by atoms with van der Waals surface area (Å²) in [4.78, 5) is 16.8. The molecule has 1 aliphatic heterocycles. The van der Waals surface area contributed by atoms with E-state index in [4.69, 9.17) is 4.74 Å². The first kappa shape index (κ1) is 17.5. The Morgan fingerprint density at radius 2 is 1.88 bits per heavy atom. The van der Waals surface area contributed by atoms with Gasteiger partial charge in [0.2, 0.25) is 0 Å². The number of aliphatic hydroxyl groups excluding tert-OH is 1. The van der Waals surface area contributed by atoms with Crippen molar-refractivity contribution in [2.75, 3.05) is 27.2 Å². The molecule has 1 amide bonds. The van der Waals surface area contributed by atoms with Gasteiger partial charge in [-0.05, 0) is 50.8 Å². The molecule has 2 aromatic rings. The summed E-state index contributed by atoms with van der Waals surface area (Å²) >= 11 is 0. The number of hydrogen-bond acceptors (Lipinski definition) is 4. The molecular formula is C20H24N2O3. The number of hydrogen-bond donors (Lipinski definition) is 1. The predicted octanol–water partition coefficient (Wildman–Crippen LogP) is 2.62. The molecule has 0 unspecified atom stereocenters. The lowest BCUT2D eigenvalue weighted by molar-refractivity contribution is 0.0673. The van der Waals surface area contributed by atoms with Crippen molar-refractivity contribution < 1.29 is 14.6 Å². The van der Waals surface area contributed by atoms with E-state index >= 15 is 0 Å². The van der Waals surface area contributed by atoms with Crippen LogP contribution in [0.25, 0.3) is 0 Å². The zero-order valence-corrected chi connectivity index (χ0v) is 14.6. The van der Waals surface area contributed by atoms with Crippen LogP contribution >= 0.6 is 0 Å². The molecule has 25 heavy (non-hydrogen) atoms. The van der Waals surface area contributed by atoms with E-state index in [1.165, 1.54) is 0 Å². The van der Waals surface area contributed by atoms with Crippen molar-refractivity contribution in [2.24, 2.45) is 0 Å². The van der Waals surface area contributed by atoms with Crippen LogP contribution in [0.4, 0.5) is 0 Å². The van der Waals surface area contributed by atoms with Gasteiger partial charge >= 0.3 is 0 Å². The summed E-state index contributed by atoms with van der Waals surface area (Å²) in [6.45, 7) is 0.608. The van der Waals surface area contributed by atoms with Gasteiger partial charge < -0.3 is 19.6 Å². The van der Waals surface area contributed by atoms with Gasteiger partial charge in [0.15, 0.2) is 0 Å². The van der Waals surface area contributed by atoms with Crippen LogP contribution in [0.1, 0.15) is 16.8 Å². The first-order valence-electron chi connectivity index (χ1n) is 8.49. The minimum atomic E-state index is -0.140. The van der Waals surface area contributed by atoms with Crippen molar-refractivity contribution in [3.63, 3.8) is 0 Å². The van der Waals surface area contributed by atoms with Gasteiger partial charge in [-0.3, -0.25) is 4.79 Å². The Bertz CT molecular complexity index is 718. The molecule has 0 bridgehead atoms. The van der Waals surface area contributed by atoms with E-state index < -0.39 is 0 Å². The second-order valence-electron chi connectivity index (χ2n) is 6.59. The lowest BCUT2D eigenvalue weighted by atomic mass is 10.1. The predicted molar refractivity (Wildman–Crippen MR) is 97.0 cm³/mol. The molecule has 1 N–H and O–H groups in total. The number of carbonyl (C=O) groups is 1. The molecule has 0 aromatic heterocycles. The van der Waals surface area contributed by atoms with E-state index in [-0.39, 0.29) is 24.6 Å². The number of likely N-dealkylation sites (tertiary alicyclic amines) is 1. The minimum Gasteiger partial charge on any atom is -0.457 e. The lowest BCUT2D eigenvalue weighted by Gasteiger charge is -2.23. The Hall–Kier alpha value is -2.37. The molecular weight excluding hydrogens is 316 g/mol. The zero-order valence-electron chi connectivity index (χ0n) is 14.6. The van der Waals surface area contributed by atoms with Crippen LogP contribution in [0.3, 0.4) is 0 Å². The molecule has 0 radical (unpaired) electrons. The fraction of sp³-hybridized carbons (Fsp3) is 0.350. The monoisotopic (exact) mass is 340 g/mol. The fourth-order valence-corrected chi connectivity index (χ4v) is 3.17. The largest absolute Gasteiger partial charge is 0.457 e. The maximum atomic E-state index is 12.9. The third-order valence-corrected chi connectivity index (χ3v) is 4.65. The molecule has 132 valence electrons. The van der Waals surface area contributed by atoms with Gasteiger partial charge in [0, 0.05) is 18.2 Å². The Balaban J connectivity index is 1.77. The normalized spacial score (nSPS) is 20.1. The fourth-order valence-electron chi connectivity index (χ4n) is 3.17. The molecule has 0 aliphatic carbocycles. The van der Waals surface area contributed by atoms with Gasteiger partial charge in [0.05, 0.1) is 12.6 Å². The second-order valence-corrected chi connectivity index (χ2v) is 6.59. The van der Waals surface area contributed by atoms with Crippen LogP contribution in [0.2, 0.25) is 0 Å². The zero-order chi connectivity index (χ0) is 17.8. The van der Waals surface area contributed by atoms with Crippen LogP contribution in [0.5, 0.6) is 11.5 Å². The Morgan fingerprint density at radius 1 is 1.16 bits per heavy atom. The van der Waals surface area contributed by atoms with Crippen molar-refractivity contribution in [1.29, 1.82) is 0 Å². The smallest absolute Gasteiger partial charge is 0.254 e. The number of likely N-dealkylation sites (N-methyl/N-ethyl adjacent to an activating group) is 1. The highest BCUT2D eigenvalue weighted by atomic mass is 16.5. The van der Waals surface area contributed by atoms with Crippen molar-refractivity contribution in [2.45, 2.75) is 18.5 Å². The molecule has 1 fully saturated rings. The Labute approximate surface area is 148 Å². The summed E-state index contributed by atoms with van der Waals surface area (Å²) in [7, 11) is 4.00. The van der Waals surface area contributed by atoms with Crippen molar-refractivity contribution in [1.82, 2.24) is 9.80 Å². The van der Waals surface area contributed by atoms with Crippen LogP contribution in [-0.2, 0) is 0 Å². The summed E-state index contributed by atoms with van der Waals surface area (Å²) in [5.74, 6) is 1.29. The number of amides is 1. The average Bonchev–Trinajstić information content (AvgIpc) is 3.07. The number of ether oxygens (including phenoxy) is 1. The maximum Gasteiger partial charge on any atom is 0.254 e. The Morgan fingerprint density at radius 3 is 2.56 bits per heavy atom. The summed E-state index contributed by atoms with van der Waals surface area (Å²) in [5.41, 5.74) is 0.575. The molecule has 3 rings (SSSR count). The molecule has 0 spiro atoms. The summed E-state index contributed by atoms with van der Waals surface area (Å²) < 4.78 is 5.82. The minimum absolute atomic E-state index is 0.0176. The third kappa shape index (κ3) is 4.00. The van der Waals surface area contributed by atoms with E-state index in [9.17, 15) is 9.90 Å². The van der Waals surface area contributed by atoms with Crippen LogP contribution in [-0.4, -0.2) is 60.1 Å². The Kier molecular flexibility index (Phi) is 5.36. The number of nitrogens with zero attached hydrogens (tertiary/aromatic N) is 2. The standard InChI is InChI=1S/C20H24N2O3/c1-21(2)16-12-17(14-23)22(13-16)20(24)15-7-6-10-19(11-15)25-18-8-4-3-5-9-18/h3-11,16-17,23H,12-14H2,1-2H3/t16-,17+/m1/s1. The highest BCUT2D eigenvalue weighted by molar-refractivity contribution is 5.95. The number of aliphatic hydroxyl groups is 1. The van der Waals surface area contributed by atoms with Gasteiger partial charge in [0.25, 0.3) is 5.91 Å². The van der Waals surface area contributed by atoms with Gasteiger partial charge in [-0.25, -0.2) is 0 Å². The molecule has 1 aliphatic rings. The first-order valence-corrected chi connectivity index (χ1v) is 8.49. The summed E-state index contributed by atoms with van der Waals surface area (Å²) in [6.07, 6.45) is 0.787. The van der Waals surface area contributed by atoms with Crippen molar-refractivity contribution in [3.8, 4) is 11.5 Å². The number of benzene rings is 2. The van der Waals surface area contributed by atoms with E-state index in [1.54, 1.807) is 17.0 Å². The van der Waals surface area contributed by atoms with Crippen molar-refractivity contribution in [3.05, 3.63) is 60.2 Å². The number of para-hydroxylation sites is 1. The summed E-state index contributed by atoms with van der Waals surface area (Å²) in [6, 6.07) is 16.8. The summed E-state index contributed by atoms with van der Waals surface area (Å²) in [5, 5.41) is 9.64.